The lowest BCUT2D eigenvalue weighted by molar-refractivity contribution is -0.0186. The smallest absolute Gasteiger partial charge is 0.272 e. The maximum atomic E-state index is 12.8. The fourth-order valence-corrected chi connectivity index (χ4v) is 1.56. The zero-order valence-corrected chi connectivity index (χ0v) is 7.39. The zero-order chi connectivity index (χ0) is 9.19. The van der Waals surface area contributed by atoms with Crippen molar-refractivity contribution in [1.29, 1.82) is 0 Å². The second kappa shape index (κ2) is 3.66. The van der Waals surface area contributed by atoms with Crippen LogP contribution in [-0.2, 0) is 0 Å². The molecule has 1 fully saturated rings. The molecule has 1 heterocycles. The maximum absolute atomic E-state index is 12.8. The summed E-state index contributed by atoms with van der Waals surface area (Å²) in [6, 6.07) is 0. The van der Waals surface area contributed by atoms with Crippen LogP contribution < -0.4 is 5.73 Å². The van der Waals surface area contributed by atoms with E-state index in [1.165, 1.54) is 0 Å². The summed E-state index contributed by atoms with van der Waals surface area (Å²) in [5.74, 6) is -2.15. The molecule has 0 spiro atoms. The van der Waals surface area contributed by atoms with E-state index in [9.17, 15) is 8.78 Å². The summed E-state index contributed by atoms with van der Waals surface area (Å²) < 4.78 is 25.5. The molecule has 1 atom stereocenters. The number of hydrogen-bond acceptors (Lipinski definition) is 2. The summed E-state index contributed by atoms with van der Waals surface area (Å²) in [5.41, 5.74) is 4.94. The lowest BCUT2D eigenvalue weighted by Crippen LogP contribution is -2.40. The van der Waals surface area contributed by atoms with Crippen LogP contribution in [0.2, 0.25) is 0 Å². The van der Waals surface area contributed by atoms with E-state index in [0.29, 0.717) is 5.92 Å². The predicted molar refractivity (Wildman–Crippen MR) is 44.2 cm³/mol. The van der Waals surface area contributed by atoms with Crippen LogP contribution in [0.3, 0.4) is 0 Å². The molecule has 1 aliphatic rings. The van der Waals surface area contributed by atoms with Gasteiger partial charge in [0.2, 0.25) is 0 Å². The molecule has 1 saturated heterocycles. The van der Waals surface area contributed by atoms with Gasteiger partial charge in [0.1, 0.15) is 0 Å². The van der Waals surface area contributed by atoms with E-state index in [-0.39, 0.29) is 6.54 Å². The highest BCUT2D eigenvalue weighted by atomic mass is 19.3. The van der Waals surface area contributed by atoms with Crippen LogP contribution in [0.25, 0.3) is 0 Å². The molecule has 0 radical (unpaired) electrons. The van der Waals surface area contributed by atoms with Crippen LogP contribution in [-0.4, -0.2) is 37.0 Å². The topological polar surface area (TPSA) is 29.3 Å². The molecule has 0 aromatic carbocycles. The number of hydrogen-bond donors (Lipinski definition) is 1. The third kappa shape index (κ3) is 2.68. The van der Waals surface area contributed by atoms with Crippen LogP contribution in [0.15, 0.2) is 0 Å². The molecular formula is C8H16F2N2. The largest absolute Gasteiger partial charge is 0.325 e. The standard InChI is InChI=1S/C8H16F2N2/c1-7-2-3-12(4-7)6-8(9,10)5-11/h7H,2-6,11H2,1H3. The van der Waals surface area contributed by atoms with Crippen molar-refractivity contribution in [2.75, 3.05) is 26.2 Å². The minimum atomic E-state index is -2.70. The summed E-state index contributed by atoms with van der Waals surface area (Å²) in [6.07, 6.45) is 1.03. The molecule has 1 aliphatic heterocycles. The van der Waals surface area contributed by atoms with Crippen molar-refractivity contribution in [2.45, 2.75) is 19.3 Å². The van der Waals surface area contributed by atoms with Gasteiger partial charge in [0.05, 0.1) is 13.1 Å². The fourth-order valence-electron chi connectivity index (χ4n) is 1.56. The summed E-state index contributed by atoms with van der Waals surface area (Å²) in [7, 11) is 0. The van der Waals surface area contributed by atoms with E-state index >= 15 is 0 Å². The molecule has 1 unspecified atom stereocenters. The molecule has 4 heteroatoms. The molecule has 0 aromatic heterocycles. The second-order valence-electron chi connectivity index (χ2n) is 3.69. The lowest BCUT2D eigenvalue weighted by atomic mass is 10.2. The Kier molecular flexibility index (Phi) is 3.01. The van der Waals surface area contributed by atoms with Crippen molar-refractivity contribution in [1.82, 2.24) is 4.90 Å². The van der Waals surface area contributed by atoms with Crippen LogP contribution in [0, 0.1) is 5.92 Å². The number of rotatable bonds is 3. The Balaban J connectivity index is 2.32. The van der Waals surface area contributed by atoms with E-state index < -0.39 is 12.5 Å². The molecule has 2 N–H and O–H groups in total. The normalized spacial score (nSPS) is 26.5. The number of halogens is 2. The molecule has 0 saturated carbocycles. The van der Waals surface area contributed by atoms with E-state index in [1.54, 1.807) is 4.90 Å². The third-order valence-corrected chi connectivity index (χ3v) is 2.26. The maximum Gasteiger partial charge on any atom is 0.272 e. The van der Waals surface area contributed by atoms with Gasteiger partial charge in [-0.05, 0) is 18.9 Å². The van der Waals surface area contributed by atoms with Gasteiger partial charge >= 0.3 is 0 Å². The van der Waals surface area contributed by atoms with E-state index in [2.05, 4.69) is 6.92 Å². The van der Waals surface area contributed by atoms with Gasteiger partial charge in [-0.25, -0.2) is 8.78 Å². The lowest BCUT2D eigenvalue weighted by Gasteiger charge is -2.21. The van der Waals surface area contributed by atoms with Gasteiger partial charge in [0.25, 0.3) is 5.92 Å². The molecule has 0 amide bonds. The van der Waals surface area contributed by atoms with Crippen LogP contribution in [0.5, 0.6) is 0 Å². The molecule has 1 rings (SSSR count). The highest BCUT2D eigenvalue weighted by Crippen LogP contribution is 2.20. The minimum Gasteiger partial charge on any atom is -0.325 e. The number of alkyl halides is 2. The average Bonchev–Trinajstić information content (AvgIpc) is 2.35. The number of nitrogens with zero attached hydrogens (tertiary/aromatic N) is 1. The van der Waals surface area contributed by atoms with Crippen LogP contribution in [0.1, 0.15) is 13.3 Å². The Labute approximate surface area is 71.7 Å². The van der Waals surface area contributed by atoms with E-state index in [4.69, 9.17) is 5.73 Å². The van der Waals surface area contributed by atoms with Gasteiger partial charge in [-0.15, -0.1) is 0 Å². The van der Waals surface area contributed by atoms with Crippen molar-refractivity contribution in [2.24, 2.45) is 11.7 Å². The first-order chi connectivity index (χ1) is 5.53. The molecule has 0 aliphatic carbocycles. The first-order valence-electron chi connectivity index (χ1n) is 4.34. The van der Waals surface area contributed by atoms with Crippen LogP contribution in [0.4, 0.5) is 8.78 Å². The van der Waals surface area contributed by atoms with Crippen molar-refractivity contribution in [3.05, 3.63) is 0 Å². The van der Waals surface area contributed by atoms with Gasteiger partial charge in [0, 0.05) is 6.54 Å². The summed E-state index contributed by atoms with van der Waals surface area (Å²) in [5, 5.41) is 0. The Hall–Kier alpha value is -0.220. The van der Waals surface area contributed by atoms with Gasteiger partial charge in [0.15, 0.2) is 0 Å². The average molecular weight is 178 g/mol. The Morgan fingerprint density at radius 3 is 2.67 bits per heavy atom. The Morgan fingerprint density at radius 2 is 2.25 bits per heavy atom. The quantitative estimate of drug-likeness (QED) is 0.696. The predicted octanol–water partition coefficient (Wildman–Crippen LogP) is 0.922. The highest BCUT2D eigenvalue weighted by Gasteiger charge is 2.32. The molecule has 12 heavy (non-hydrogen) atoms. The van der Waals surface area contributed by atoms with Gasteiger partial charge in [-0.1, -0.05) is 6.92 Å². The fraction of sp³-hybridized carbons (Fsp3) is 1.00. The van der Waals surface area contributed by atoms with Crippen molar-refractivity contribution < 1.29 is 8.78 Å². The molecule has 0 aromatic rings. The Bertz CT molecular complexity index is 150. The SMILES string of the molecule is CC1CCN(CC(F)(F)CN)C1. The molecule has 0 bridgehead atoms. The number of likely N-dealkylation sites (tertiary alicyclic amines) is 1. The minimum absolute atomic E-state index is 0.173. The van der Waals surface area contributed by atoms with E-state index in [0.717, 1.165) is 19.5 Å². The summed E-state index contributed by atoms with van der Waals surface area (Å²) in [4.78, 5) is 1.79. The van der Waals surface area contributed by atoms with Crippen molar-refractivity contribution >= 4 is 0 Å². The van der Waals surface area contributed by atoms with Crippen molar-refractivity contribution in [3.63, 3.8) is 0 Å². The Morgan fingerprint density at radius 1 is 1.58 bits per heavy atom. The van der Waals surface area contributed by atoms with Crippen LogP contribution >= 0.6 is 0 Å². The van der Waals surface area contributed by atoms with Crippen molar-refractivity contribution in [3.8, 4) is 0 Å². The first-order valence-corrected chi connectivity index (χ1v) is 4.34. The highest BCUT2D eigenvalue weighted by molar-refractivity contribution is 4.78. The molecule has 72 valence electrons. The monoisotopic (exact) mass is 178 g/mol. The number of nitrogens with two attached hydrogens (primary N) is 1. The summed E-state index contributed by atoms with van der Waals surface area (Å²) in [6.45, 7) is 2.94. The van der Waals surface area contributed by atoms with Gasteiger partial charge in [-0.3, -0.25) is 4.90 Å². The summed E-state index contributed by atoms with van der Waals surface area (Å²) >= 11 is 0. The first kappa shape index (κ1) is 9.86. The zero-order valence-electron chi connectivity index (χ0n) is 7.39. The van der Waals surface area contributed by atoms with E-state index in [1.807, 2.05) is 0 Å². The molecular weight excluding hydrogens is 162 g/mol. The molecule has 2 nitrogen and oxygen atoms in total. The van der Waals surface area contributed by atoms with Gasteiger partial charge < -0.3 is 5.73 Å². The van der Waals surface area contributed by atoms with Gasteiger partial charge in [-0.2, -0.15) is 0 Å². The second-order valence-corrected chi connectivity index (χ2v) is 3.69. The third-order valence-electron chi connectivity index (χ3n) is 2.26.